The zero-order chi connectivity index (χ0) is 21.5. The molecule has 7 heteroatoms. The molecule has 0 saturated carbocycles. The third-order valence-electron chi connectivity index (χ3n) is 5.63. The van der Waals surface area contributed by atoms with Gasteiger partial charge in [0.1, 0.15) is 23.1 Å². The number of fused-ring (bicyclic) bond motifs is 3. The van der Waals surface area contributed by atoms with Crippen LogP contribution >= 0.6 is 11.6 Å². The first-order valence-corrected chi connectivity index (χ1v) is 10.2. The molecule has 0 aromatic heterocycles. The van der Waals surface area contributed by atoms with Gasteiger partial charge in [0.25, 0.3) is 0 Å². The summed E-state index contributed by atoms with van der Waals surface area (Å²) in [5.74, 6) is 1.84. The molecule has 0 bridgehead atoms. The Bertz CT molecular complexity index is 1170. The van der Waals surface area contributed by atoms with Crippen molar-refractivity contribution in [1.29, 1.82) is 0 Å². The maximum atomic E-state index is 13.4. The summed E-state index contributed by atoms with van der Waals surface area (Å²) in [6.07, 6.45) is 0.118. The van der Waals surface area contributed by atoms with Crippen LogP contribution in [0.5, 0.6) is 17.2 Å². The lowest BCUT2D eigenvalue weighted by molar-refractivity contribution is -0.0204. The number of halogens is 2. The number of benzene rings is 3. The van der Waals surface area contributed by atoms with Crippen LogP contribution in [0.3, 0.4) is 0 Å². The zero-order valence-electron chi connectivity index (χ0n) is 17.0. The van der Waals surface area contributed by atoms with E-state index < -0.39 is 6.23 Å². The fourth-order valence-electron chi connectivity index (χ4n) is 4.11. The largest absolute Gasteiger partial charge is 0.497 e. The molecule has 0 unspecified atom stereocenters. The van der Waals surface area contributed by atoms with Gasteiger partial charge in [0.15, 0.2) is 0 Å². The minimum absolute atomic E-state index is 0.0802. The van der Waals surface area contributed by atoms with Crippen LogP contribution < -0.4 is 14.2 Å². The average Bonchev–Trinajstić information content (AvgIpc) is 3.24. The summed E-state index contributed by atoms with van der Waals surface area (Å²) < 4.78 is 30.9. The Morgan fingerprint density at radius 3 is 2.55 bits per heavy atom. The van der Waals surface area contributed by atoms with E-state index in [-0.39, 0.29) is 11.9 Å². The Morgan fingerprint density at radius 1 is 1.00 bits per heavy atom. The third kappa shape index (κ3) is 3.47. The number of rotatable bonds is 4. The van der Waals surface area contributed by atoms with Crippen molar-refractivity contribution >= 4 is 17.3 Å². The molecule has 0 fully saturated rings. The molecule has 2 atom stereocenters. The highest BCUT2D eigenvalue weighted by molar-refractivity contribution is 6.30. The van der Waals surface area contributed by atoms with Crippen LogP contribution in [0.1, 0.15) is 35.4 Å². The topological polar surface area (TPSA) is 43.3 Å². The van der Waals surface area contributed by atoms with Crippen LogP contribution in [-0.4, -0.2) is 24.9 Å². The molecular formula is C24H20ClFN2O3. The highest BCUT2D eigenvalue weighted by Gasteiger charge is 2.42. The van der Waals surface area contributed by atoms with Gasteiger partial charge in [-0.15, -0.1) is 0 Å². The first-order chi connectivity index (χ1) is 15.1. The predicted octanol–water partition coefficient (Wildman–Crippen LogP) is 5.74. The van der Waals surface area contributed by atoms with E-state index in [9.17, 15) is 4.39 Å². The first kappa shape index (κ1) is 19.7. The Hall–Kier alpha value is -3.25. The second-order valence-corrected chi connectivity index (χ2v) is 7.85. The Kier molecular flexibility index (Phi) is 4.94. The molecule has 5 nitrogen and oxygen atoms in total. The van der Waals surface area contributed by atoms with E-state index in [1.54, 1.807) is 26.4 Å². The van der Waals surface area contributed by atoms with Crippen molar-refractivity contribution < 1.29 is 18.6 Å². The third-order valence-corrected chi connectivity index (χ3v) is 5.87. The molecule has 2 aliphatic rings. The van der Waals surface area contributed by atoms with Gasteiger partial charge >= 0.3 is 0 Å². The molecule has 0 aliphatic carbocycles. The van der Waals surface area contributed by atoms with Gasteiger partial charge in [0.2, 0.25) is 6.23 Å². The highest BCUT2D eigenvalue weighted by Crippen LogP contribution is 2.49. The van der Waals surface area contributed by atoms with Crippen molar-refractivity contribution in [2.24, 2.45) is 5.10 Å². The van der Waals surface area contributed by atoms with E-state index in [1.165, 1.54) is 12.1 Å². The van der Waals surface area contributed by atoms with Crippen molar-refractivity contribution in [3.8, 4) is 17.2 Å². The maximum Gasteiger partial charge on any atom is 0.217 e. The van der Waals surface area contributed by atoms with E-state index >= 15 is 0 Å². The van der Waals surface area contributed by atoms with Crippen molar-refractivity contribution in [3.63, 3.8) is 0 Å². The lowest BCUT2D eigenvalue weighted by Crippen LogP contribution is -2.34. The molecule has 2 heterocycles. The monoisotopic (exact) mass is 438 g/mol. The van der Waals surface area contributed by atoms with Crippen molar-refractivity contribution in [3.05, 3.63) is 88.2 Å². The maximum absolute atomic E-state index is 13.4. The smallest absolute Gasteiger partial charge is 0.217 e. The molecule has 31 heavy (non-hydrogen) atoms. The number of hydrazone groups is 1. The van der Waals surface area contributed by atoms with Gasteiger partial charge in [0, 0.05) is 17.0 Å². The van der Waals surface area contributed by atoms with Crippen molar-refractivity contribution in [2.75, 3.05) is 14.2 Å². The molecule has 0 N–H and O–H groups in total. The van der Waals surface area contributed by atoms with E-state index in [0.717, 1.165) is 28.2 Å². The van der Waals surface area contributed by atoms with Gasteiger partial charge in [0.05, 0.1) is 31.5 Å². The number of hydrogen-bond acceptors (Lipinski definition) is 5. The fourth-order valence-corrected chi connectivity index (χ4v) is 4.29. The molecule has 0 saturated heterocycles. The molecule has 0 radical (unpaired) electrons. The Labute approximate surface area is 184 Å². The van der Waals surface area contributed by atoms with Crippen LogP contribution in [0.25, 0.3) is 0 Å². The lowest BCUT2D eigenvalue weighted by Gasteiger charge is -2.38. The van der Waals surface area contributed by atoms with Crippen molar-refractivity contribution in [2.45, 2.75) is 18.7 Å². The summed E-state index contributed by atoms with van der Waals surface area (Å²) in [6, 6.07) is 17.5. The minimum Gasteiger partial charge on any atom is -0.497 e. The molecule has 0 amide bonds. The van der Waals surface area contributed by atoms with E-state index in [2.05, 4.69) is 0 Å². The van der Waals surface area contributed by atoms with Gasteiger partial charge in [-0.2, -0.15) is 5.10 Å². The second kappa shape index (κ2) is 7.78. The summed E-state index contributed by atoms with van der Waals surface area (Å²) in [4.78, 5) is 0. The lowest BCUT2D eigenvalue weighted by atomic mass is 9.95. The zero-order valence-corrected chi connectivity index (χ0v) is 17.8. The summed E-state index contributed by atoms with van der Waals surface area (Å²) in [6.45, 7) is 0. The average molecular weight is 439 g/mol. The number of nitrogens with zero attached hydrogens (tertiary/aromatic N) is 2. The Balaban J connectivity index is 1.63. The summed E-state index contributed by atoms with van der Waals surface area (Å²) in [5.41, 5.74) is 3.49. The van der Waals surface area contributed by atoms with Gasteiger partial charge < -0.3 is 14.2 Å². The SMILES string of the molecule is COc1ccc(OC)c([C@H]2Oc3ccc(Cl)cc3[C@@H]3CC(c4ccc(F)cc4)=NN23)c1. The van der Waals surface area contributed by atoms with E-state index in [0.29, 0.717) is 22.9 Å². The predicted molar refractivity (Wildman–Crippen MR) is 117 cm³/mol. The second-order valence-electron chi connectivity index (χ2n) is 7.41. The molecule has 0 spiro atoms. The molecule has 158 valence electrons. The number of methoxy groups -OCH3 is 2. The van der Waals surface area contributed by atoms with Crippen LogP contribution in [0, 0.1) is 5.82 Å². The molecule has 2 aliphatic heterocycles. The molecule has 3 aromatic carbocycles. The van der Waals surface area contributed by atoms with Crippen LogP contribution in [-0.2, 0) is 0 Å². The first-order valence-electron chi connectivity index (χ1n) is 9.87. The van der Waals surface area contributed by atoms with Crippen LogP contribution in [0.4, 0.5) is 4.39 Å². The van der Waals surface area contributed by atoms with E-state index in [1.807, 2.05) is 41.4 Å². The molecular weight excluding hydrogens is 419 g/mol. The minimum atomic E-state index is -0.526. The van der Waals surface area contributed by atoms with Gasteiger partial charge in [-0.1, -0.05) is 23.7 Å². The number of ether oxygens (including phenoxy) is 3. The standard InChI is InChI=1S/C24H20ClFN2O3/c1-29-17-8-10-22(30-2)19(12-17)24-28-21(18-11-15(25)5-9-23(18)31-24)13-20(27-28)14-3-6-16(26)7-4-14/h3-12,21,24H,13H2,1-2H3/t21-,24+/m0/s1. The van der Waals surface area contributed by atoms with Gasteiger partial charge in [-0.3, -0.25) is 0 Å². The summed E-state index contributed by atoms with van der Waals surface area (Å²) >= 11 is 6.29. The summed E-state index contributed by atoms with van der Waals surface area (Å²) in [5, 5.41) is 7.45. The normalized spacial score (nSPS) is 19.2. The quantitative estimate of drug-likeness (QED) is 0.521. The molecule has 3 aromatic rings. The Morgan fingerprint density at radius 2 is 1.81 bits per heavy atom. The molecule has 5 rings (SSSR count). The summed E-state index contributed by atoms with van der Waals surface area (Å²) in [7, 11) is 3.24. The van der Waals surface area contributed by atoms with Gasteiger partial charge in [-0.05, 0) is 54.1 Å². The van der Waals surface area contributed by atoms with Crippen LogP contribution in [0.2, 0.25) is 5.02 Å². The van der Waals surface area contributed by atoms with Crippen molar-refractivity contribution in [1.82, 2.24) is 5.01 Å². The highest BCUT2D eigenvalue weighted by atomic mass is 35.5. The van der Waals surface area contributed by atoms with Crippen LogP contribution in [0.15, 0.2) is 65.8 Å². The van der Waals surface area contributed by atoms with Gasteiger partial charge in [-0.25, -0.2) is 9.40 Å². The van der Waals surface area contributed by atoms with E-state index in [4.69, 9.17) is 30.9 Å². The number of hydrogen-bond donors (Lipinski definition) is 0. The fraction of sp³-hybridized carbons (Fsp3) is 0.208.